The number of ether oxygens (including phenoxy) is 1. The Balaban J connectivity index is 2.06. The van der Waals surface area contributed by atoms with E-state index in [1.165, 1.54) is 12.1 Å². The number of rotatable bonds is 3. The molecule has 0 spiro atoms. The molecule has 0 aliphatic carbocycles. The van der Waals surface area contributed by atoms with Crippen molar-refractivity contribution >= 4 is 33.5 Å². The van der Waals surface area contributed by atoms with Crippen molar-refractivity contribution in [2.45, 2.75) is 6.10 Å². The van der Waals surface area contributed by atoms with Crippen molar-refractivity contribution < 1.29 is 19.4 Å². The van der Waals surface area contributed by atoms with Crippen molar-refractivity contribution in [3.63, 3.8) is 0 Å². The molecule has 0 aromatic heterocycles. The minimum Gasteiger partial charge on any atom is -0.478 e. The molecule has 1 fully saturated rings. The zero-order valence-corrected chi connectivity index (χ0v) is 11.6. The van der Waals surface area contributed by atoms with Crippen molar-refractivity contribution in [2.24, 2.45) is 0 Å². The van der Waals surface area contributed by atoms with Crippen LogP contribution in [0.4, 0.5) is 5.69 Å². The highest BCUT2D eigenvalue weighted by atomic mass is 79.9. The molecule has 0 radical (unpaired) electrons. The van der Waals surface area contributed by atoms with E-state index in [1.54, 1.807) is 6.07 Å². The average Bonchev–Trinajstić information content (AvgIpc) is 2.41. The number of carboxylic acids is 1. The summed E-state index contributed by atoms with van der Waals surface area (Å²) in [5, 5.41) is 14.6. The molecule has 19 heavy (non-hydrogen) atoms. The van der Waals surface area contributed by atoms with E-state index in [0.29, 0.717) is 23.3 Å². The van der Waals surface area contributed by atoms with Crippen LogP contribution in [-0.4, -0.2) is 42.8 Å². The molecule has 1 aromatic carbocycles. The standard InChI is InChI=1S/C12H13BrN2O4/c13-8-5-7(12(17)18)1-2-9(8)15-11(16)10-6-14-3-4-19-10/h1-2,5,10,14H,3-4,6H2,(H,15,16)(H,17,18). The molecule has 7 heteroatoms. The SMILES string of the molecule is O=C(O)c1ccc(NC(=O)C2CNCCO2)c(Br)c1. The second-order valence-electron chi connectivity index (χ2n) is 4.05. The monoisotopic (exact) mass is 328 g/mol. The first kappa shape index (κ1) is 14.0. The van der Waals surface area contributed by atoms with E-state index in [1.807, 2.05) is 0 Å². The van der Waals surface area contributed by atoms with Gasteiger partial charge in [-0.25, -0.2) is 4.79 Å². The smallest absolute Gasteiger partial charge is 0.335 e. The van der Waals surface area contributed by atoms with Crippen molar-refractivity contribution in [2.75, 3.05) is 25.0 Å². The number of aromatic carboxylic acids is 1. The largest absolute Gasteiger partial charge is 0.478 e. The molecule has 1 aliphatic rings. The van der Waals surface area contributed by atoms with E-state index >= 15 is 0 Å². The fraction of sp³-hybridized carbons (Fsp3) is 0.333. The van der Waals surface area contributed by atoms with Gasteiger partial charge in [-0.15, -0.1) is 0 Å². The van der Waals surface area contributed by atoms with E-state index in [4.69, 9.17) is 9.84 Å². The molecule has 1 aliphatic heterocycles. The Morgan fingerprint density at radius 2 is 2.26 bits per heavy atom. The van der Waals surface area contributed by atoms with E-state index in [2.05, 4.69) is 26.6 Å². The molecule has 1 heterocycles. The van der Waals surface area contributed by atoms with Gasteiger partial charge in [0, 0.05) is 17.6 Å². The van der Waals surface area contributed by atoms with Crippen LogP contribution in [0.2, 0.25) is 0 Å². The summed E-state index contributed by atoms with van der Waals surface area (Å²) < 4.78 is 5.85. The average molecular weight is 329 g/mol. The van der Waals surface area contributed by atoms with Crippen LogP contribution < -0.4 is 10.6 Å². The van der Waals surface area contributed by atoms with Gasteiger partial charge in [0.2, 0.25) is 0 Å². The lowest BCUT2D eigenvalue weighted by molar-refractivity contribution is -0.128. The van der Waals surface area contributed by atoms with E-state index < -0.39 is 12.1 Å². The second kappa shape index (κ2) is 6.14. The maximum Gasteiger partial charge on any atom is 0.335 e. The van der Waals surface area contributed by atoms with Gasteiger partial charge in [0.1, 0.15) is 6.10 Å². The summed E-state index contributed by atoms with van der Waals surface area (Å²) in [6, 6.07) is 4.42. The first-order chi connectivity index (χ1) is 9.08. The minimum absolute atomic E-state index is 0.153. The summed E-state index contributed by atoms with van der Waals surface area (Å²) in [7, 11) is 0. The van der Waals surface area contributed by atoms with Crippen LogP contribution in [-0.2, 0) is 9.53 Å². The zero-order chi connectivity index (χ0) is 13.8. The van der Waals surface area contributed by atoms with Crippen molar-refractivity contribution in [3.8, 4) is 0 Å². The third-order valence-electron chi connectivity index (χ3n) is 2.69. The summed E-state index contributed by atoms with van der Waals surface area (Å²) in [4.78, 5) is 22.7. The van der Waals surface area contributed by atoms with E-state index in [0.717, 1.165) is 6.54 Å². The number of nitrogens with one attached hydrogen (secondary N) is 2. The van der Waals surface area contributed by atoms with Crippen LogP contribution in [0.25, 0.3) is 0 Å². The highest BCUT2D eigenvalue weighted by Crippen LogP contribution is 2.24. The van der Waals surface area contributed by atoms with Gasteiger partial charge in [0.15, 0.2) is 0 Å². The first-order valence-electron chi connectivity index (χ1n) is 5.74. The Hall–Kier alpha value is -1.44. The Bertz CT molecular complexity index is 501. The van der Waals surface area contributed by atoms with Crippen LogP contribution in [0.3, 0.4) is 0 Å². The Labute approximate surface area is 118 Å². The third-order valence-corrected chi connectivity index (χ3v) is 3.35. The lowest BCUT2D eigenvalue weighted by atomic mass is 10.2. The van der Waals surface area contributed by atoms with Gasteiger partial charge in [-0.05, 0) is 34.1 Å². The number of anilines is 1. The van der Waals surface area contributed by atoms with Gasteiger partial charge >= 0.3 is 5.97 Å². The maximum absolute atomic E-state index is 11.9. The number of carboxylic acid groups (broad SMARTS) is 1. The predicted octanol–water partition coefficient (Wildman–Crippen LogP) is 1.07. The first-order valence-corrected chi connectivity index (χ1v) is 6.53. The van der Waals surface area contributed by atoms with Gasteiger partial charge in [-0.2, -0.15) is 0 Å². The molecule has 0 bridgehead atoms. The lowest BCUT2D eigenvalue weighted by Crippen LogP contribution is -2.45. The van der Waals surface area contributed by atoms with E-state index in [-0.39, 0.29) is 11.5 Å². The van der Waals surface area contributed by atoms with Crippen molar-refractivity contribution in [1.29, 1.82) is 0 Å². The molecule has 6 nitrogen and oxygen atoms in total. The molecule has 0 saturated carbocycles. The number of hydrogen-bond acceptors (Lipinski definition) is 4. The Morgan fingerprint density at radius 1 is 1.47 bits per heavy atom. The number of halogens is 1. The number of benzene rings is 1. The molecule has 2 rings (SSSR count). The molecule has 3 N–H and O–H groups in total. The fourth-order valence-corrected chi connectivity index (χ4v) is 2.17. The van der Waals surface area contributed by atoms with E-state index in [9.17, 15) is 9.59 Å². The Morgan fingerprint density at radius 3 is 2.84 bits per heavy atom. The van der Waals surface area contributed by atoms with Crippen molar-refractivity contribution in [3.05, 3.63) is 28.2 Å². The van der Waals surface area contributed by atoms with Crippen LogP contribution in [0.5, 0.6) is 0 Å². The number of carbonyl (C=O) groups is 2. The topological polar surface area (TPSA) is 87.7 Å². The Kier molecular flexibility index (Phi) is 4.52. The molecule has 1 saturated heterocycles. The summed E-state index contributed by atoms with van der Waals surface area (Å²) in [6.45, 7) is 1.70. The molecular weight excluding hydrogens is 316 g/mol. The van der Waals surface area contributed by atoms with Crippen LogP contribution in [0, 0.1) is 0 Å². The highest BCUT2D eigenvalue weighted by Gasteiger charge is 2.22. The summed E-state index contributed by atoms with van der Waals surface area (Å²) in [5.41, 5.74) is 0.671. The maximum atomic E-state index is 11.9. The van der Waals surface area contributed by atoms with Crippen LogP contribution in [0.15, 0.2) is 22.7 Å². The molecule has 1 unspecified atom stereocenters. The predicted molar refractivity (Wildman–Crippen MR) is 72.3 cm³/mol. The second-order valence-corrected chi connectivity index (χ2v) is 4.91. The third kappa shape index (κ3) is 3.52. The molecule has 1 aromatic rings. The number of morpholine rings is 1. The van der Waals surface area contributed by atoms with Gasteiger partial charge in [-0.1, -0.05) is 0 Å². The highest BCUT2D eigenvalue weighted by molar-refractivity contribution is 9.10. The van der Waals surface area contributed by atoms with Crippen LogP contribution >= 0.6 is 15.9 Å². The summed E-state index contributed by atoms with van der Waals surface area (Å²) in [5.74, 6) is -1.27. The zero-order valence-electron chi connectivity index (χ0n) is 9.98. The number of carbonyl (C=O) groups excluding carboxylic acids is 1. The van der Waals surface area contributed by atoms with Crippen LogP contribution in [0.1, 0.15) is 10.4 Å². The molecule has 102 valence electrons. The minimum atomic E-state index is -1.02. The quantitative estimate of drug-likeness (QED) is 0.772. The lowest BCUT2D eigenvalue weighted by Gasteiger charge is -2.23. The van der Waals surface area contributed by atoms with Gasteiger partial charge < -0.3 is 20.5 Å². The molecule has 1 atom stereocenters. The van der Waals surface area contributed by atoms with Gasteiger partial charge in [0.25, 0.3) is 5.91 Å². The van der Waals surface area contributed by atoms with Gasteiger partial charge in [0.05, 0.1) is 17.9 Å². The van der Waals surface area contributed by atoms with Crippen molar-refractivity contribution in [1.82, 2.24) is 5.32 Å². The summed E-state index contributed by atoms with van der Waals surface area (Å²) in [6.07, 6.45) is -0.528. The molecule has 1 amide bonds. The summed E-state index contributed by atoms with van der Waals surface area (Å²) >= 11 is 3.23. The fourth-order valence-electron chi connectivity index (χ4n) is 1.70. The number of hydrogen-bond donors (Lipinski definition) is 3. The van der Waals surface area contributed by atoms with Gasteiger partial charge in [-0.3, -0.25) is 4.79 Å². The normalized spacial score (nSPS) is 18.9. The molecular formula is C12H13BrN2O4. The number of amides is 1.